The molecule has 2 aromatic rings. The van der Waals surface area contributed by atoms with Crippen molar-refractivity contribution in [3.05, 3.63) is 53.3 Å². The molecular weight excluding hydrogens is 296 g/mol. The fourth-order valence-corrected chi connectivity index (χ4v) is 2.55. The summed E-state index contributed by atoms with van der Waals surface area (Å²) < 4.78 is 6.05. The maximum atomic E-state index is 12.0. The summed E-state index contributed by atoms with van der Waals surface area (Å²) in [6, 6.07) is 11.1. The van der Waals surface area contributed by atoms with Gasteiger partial charge in [0.05, 0.1) is 0 Å². The lowest BCUT2D eigenvalue weighted by Crippen LogP contribution is -2.20. The van der Waals surface area contributed by atoms with Crippen LogP contribution in [0.3, 0.4) is 0 Å². The monoisotopic (exact) mass is 314 g/mol. The number of ether oxygens (including phenoxy) is 1. The Kier molecular flexibility index (Phi) is 4.06. The van der Waals surface area contributed by atoms with E-state index in [-0.39, 0.29) is 23.2 Å². The molecule has 0 aliphatic heterocycles. The number of rotatable bonds is 6. The average molecular weight is 314 g/mol. The summed E-state index contributed by atoms with van der Waals surface area (Å²) in [7, 11) is 1.49. The Balaban J connectivity index is 1.93. The molecule has 1 fully saturated rings. The lowest BCUT2D eigenvalue weighted by Gasteiger charge is -2.19. The van der Waals surface area contributed by atoms with Crippen molar-refractivity contribution in [2.24, 2.45) is 5.92 Å². The number of aromatic nitrogens is 1. The predicted molar refractivity (Wildman–Crippen MR) is 83.7 cm³/mol. The van der Waals surface area contributed by atoms with E-state index >= 15 is 0 Å². The third-order valence-electron chi connectivity index (χ3n) is 3.90. The summed E-state index contributed by atoms with van der Waals surface area (Å²) in [6.45, 7) is 0. The second-order valence-corrected chi connectivity index (χ2v) is 5.59. The maximum Gasteiger partial charge on any atom is 0.352 e. The Bertz CT molecular complexity index is 719. The number of H-pyrrole nitrogens is 1. The Morgan fingerprint density at radius 3 is 2.57 bits per heavy atom. The van der Waals surface area contributed by atoms with Crippen molar-refractivity contribution in [2.45, 2.75) is 18.9 Å². The summed E-state index contributed by atoms with van der Waals surface area (Å²) in [5.74, 6) is -0.886. The molecular formula is C17H18N2O4. The van der Waals surface area contributed by atoms with Crippen LogP contribution in [0.2, 0.25) is 0 Å². The first-order valence-corrected chi connectivity index (χ1v) is 7.50. The standard InChI is InChI=1S/C17H18N2O4/c1-18-16(20)14-13(9-12(19-14)17(21)22)23-15(11-7-8-11)10-5-3-2-4-6-10/h2-6,9,11,15,19H,7-8H2,1H3,(H,18,20)(H,21,22). The Hall–Kier alpha value is -2.76. The predicted octanol–water partition coefficient (Wildman–Crippen LogP) is 2.60. The molecule has 1 atom stereocenters. The fraction of sp³-hybridized carbons (Fsp3) is 0.294. The van der Waals surface area contributed by atoms with Crippen molar-refractivity contribution in [2.75, 3.05) is 7.05 Å². The van der Waals surface area contributed by atoms with E-state index in [1.165, 1.54) is 13.1 Å². The van der Waals surface area contributed by atoms with Crippen molar-refractivity contribution in [1.82, 2.24) is 10.3 Å². The molecule has 1 aliphatic rings. The molecule has 1 amide bonds. The highest BCUT2D eigenvalue weighted by Crippen LogP contribution is 2.44. The van der Waals surface area contributed by atoms with E-state index in [9.17, 15) is 9.59 Å². The van der Waals surface area contributed by atoms with Crippen LogP contribution in [0.25, 0.3) is 0 Å². The molecule has 23 heavy (non-hydrogen) atoms. The van der Waals surface area contributed by atoms with Crippen molar-refractivity contribution < 1.29 is 19.4 Å². The zero-order valence-corrected chi connectivity index (χ0v) is 12.7. The molecule has 1 aromatic heterocycles. The summed E-state index contributed by atoms with van der Waals surface area (Å²) in [4.78, 5) is 25.7. The number of aromatic carboxylic acids is 1. The van der Waals surface area contributed by atoms with Crippen LogP contribution < -0.4 is 10.1 Å². The molecule has 0 saturated heterocycles. The molecule has 1 heterocycles. The van der Waals surface area contributed by atoms with Gasteiger partial charge in [0.2, 0.25) is 0 Å². The minimum absolute atomic E-state index is 0.0683. The Morgan fingerprint density at radius 2 is 2.00 bits per heavy atom. The van der Waals surface area contributed by atoms with Crippen LogP contribution in [-0.2, 0) is 0 Å². The normalized spacial score (nSPS) is 15.0. The van der Waals surface area contributed by atoms with Gasteiger partial charge in [0, 0.05) is 19.0 Å². The largest absolute Gasteiger partial charge is 0.483 e. The van der Waals surface area contributed by atoms with E-state index in [2.05, 4.69) is 10.3 Å². The molecule has 0 spiro atoms. The van der Waals surface area contributed by atoms with E-state index in [0.29, 0.717) is 5.92 Å². The average Bonchev–Trinajstić information content (AvgIpc) is 3.31. The number of nitrogens with one attached hydrogen (secondary N) is 2. The molecule has 1 saturated carbocycles. The van der Waals surface area contributed by atoms with Crippen LogP contribution in [0.4, 0.5) is 0 Å². The number of carboxylic acid groups (broad SMARTS) is 1. The van der Waals surface area contributed by atoms with Gasteiger partial charge in [0.1, 0.15) is 17.5 Å². The Morgan fingerprint density at radius 1 is 1.30 bits per heavy atom. The van der Waals surface area contributed by atoms with Crippen LogP contribution in [0.15, 0.2) is 36.4 Å². The maximum absolute atomic E-state index is 12.0. The zero-order chi connectivity index (χ0) is 16.4. The van der Waals surface area contributed by atoms with E-state index in [1.54, 1.807) is 0 Å². The van der Waals surface area contributed by atoms with Gasteiger partial charge in [-0.25, -0.2) is 4.79 Å². The van der Waals surface area contributed by atoms with Crippen molar-refractivity contribution in [1.29, 1.82) is 0 Å². The van der Waals surface area contributed by atoms with E-state index in [4.69, 9.17) is 9.84 Å². The first-order chi connectivity index (χ1) is 11.1. The minimum Gasteiger partial charge on any atom is -0.483 e. The number of hydrogen-bond acceptors (Lipinski definition) is 3. The molecule has 3 N–H and O–H groups in total. The molecule has 1 aromatic carbocycles. The SMILES string of the molecule is CNC(=O)c1[nH]c(C(=O)O)cc1OC(c1ccccc1)C1CC1. The van der Waals surface area contributed by atoms with Crippen LogP contribution >= 0.6 is 0 Å². The number of hydrogen-bond donors (Lipinski definition) is 3. The smallest absolute Gasteiger partial charge is 0.352 e. The van der Waals surface area contributed by atoms with Crippen LogP contribution in [0.5, 0.6) is 5.75 Å². The molecule has 6 nitrogen and oxygen atoms in total. The van der Waals surface area contributed by atoms with Crippen LogP contribution in [0.1, 0.15) is 45.5 Å². The Labute approximate surface area is 133 Å². The van der Waals surface area contributed by atoms with Gasteiger partial charge in [-0.05, 0) is 18.4 Å². The second kappa shape index (κ2) is 6.16. The third kappa shape index (κ3) is 3.21. The zero-order valence-electron chi connectivity index (χ0n) is 12.7. The van der Waals surface area contributed by atoms with E-state index in [0.717, 1.165) is 18.4 Å². The second-order valence-electron chi connectivity index (χ2n) is 5.59. The molecule has 120 valence electrons. The topological polar surface area (TPSA) is 91.4 Å². The molecule has 1 unspecified atom stereocenters. The summed E-state index contributed by atoms with van der Waals surface area (Å²) in [5.41, 5.74) is 1.09. The highest BCUT2D eigenvalue weighted by molar-refractivity contribution is 5.97. The van der Waals surface area contributed by atoms with Gasteiger partial charge in [-0.3, -0.25) is 4.79 Å². The molecule has 0 radical (unpaired) electrons. The number of aromatic amines is 1. The first kappa shape index (κ1) is 15.1. The molecule has 6 heteroatoms. The fourth-order valence-electron chi connectivity index (χ4n) is 2.55. The number of carbonyl (C=O) groups excluding carboxylic acids is 1. The number of carboxylic acids is 1. The van der Waals surface area contributed by atoms with Gasteiger partial charge in [-0.2, -0.15) is 0 Å². The van der Waals surface area contributed by atoms with E-state index < -0.39 is 11.9 Å². The quantitative estimate of drug-likeness (QED) is 0.764. The number of carbonyl (C=O) groups is 2. The molecule has 1 aliphatic carbocycles. The van der Waals surface area contributed by atoms with E-state index in [1.807, 2.05) is 30.3 Å². The summed E-state index contributed by atoms with van der Waals surface area (Å²) >= 11 is 0. The molecule has 0 bridgehead atoms. The number of benzene rings is 1. The van der Waals surface area contributed by atoms with Gasteiger partial charge >= 0.3 is 5.97 Å². The first-order valence-electron chi connectivity index (χ1n) is 7.50. The van der Waals surface area contributed by atoms with Gasteiger partial charge in [-0.1, -0.05) is 30.3 Å². The summed E-state index contributed by atoms with van der Waals surface area (Å²) in [5, 5.41) is 11.6. The molecule has 3 rings (SSSR count). The highest BCUT2D eigenvalue weighted by Gasteiger charge is 2.35. The van der Waals surface area contributed by atoms with Crippen LogP contribution in [0, 0.1) is 5.92 Å². The van der Waals surface area contributed by atoms with Crippen molar-refractivity contribution >= 4 is 11.9 Å². The summed E-state index contributed by atoms with van der Waals surface area (Å²) in [6.07, 6.45) is 1.94. The minimum atomic E-state index is -1.13. The van der Waals surface area contributed by atoms with Gasteiger partial charge < -0.3 is 20.1 Å². The third-order valence-corrected chi connectivity index (χ3v) is 3.90. The number of amides is 1. The van der Waals surface area contributed by atoms with Gasteiger partial charge in [-0.15, -0.1) is 0 Å². The lowest BCUT2D eigenvalue weighted by atomic mass is 10.1. The lowest BCUT2D eigenvalue weighted by molar-refractivity contribution is 0.0691. The van der Waals surface area contributed by atoms with Crippen molar-refractivity contribution in [3.8, 4) is 5.75 Å². The van der Waals surface area contributed by atoms with Crippen molar-refractivity contribution in [3.63, 3.8) is 0 Å². The van der Waals surface area contributed by atoms with Crippen LogP contribution in [-0.4, -0.2) is 29.0 Å². The highest BCUT2D eigenvalue weighted by atomic mass is 16.5. The van der Waals surface area contributed by atoms with Gasteiger partial charge in [0.25, 0.3) is 5.91 Å². The van der Waals surface area contributed by atoms with Gasteiger partial charge in [0.15, 0.2) is 5.75 Å².